The summed E-state index contributed by atoms with van der Waals surface area (Å²) in [5, 5.41) is 13.0. The van der Waals surface area contributed by atoms with Crippen LogP contribution in [0.1, 0.15) is 11.1 Å². The topological polar surface area (TPSA) is 92.5 Å². The second kappa shape index (κ2) is 8.86. The first-order chi connectivity index (χ1) is 14.5. The van der Waals surface area contributed by atoms with E-state index in [2.05, 4.69) is 5.32 Å². The summed E-state index contributed by atoms with van der Waals surface area (Å²) in [6.45, 7) is -0.474. The minimum absolute atomic E-state index is 0.0633. The van der Waals surface area contributed by atoms with Gasteiger partial charge in [-0.25, -0.2) is 0 Å². The Hall–Kier alpha value is -3.25. The molecule has 0 unspecified atom stereocenters. The zero-order valence-corrected chi connectivity index (χ0v) is 17.0. The van der Waals surface area contributed by atoms with Crippen molar-refractivity contribution in [2.75, 3.05) is 11.9 Å². The molecule has 0 aromatic heterocycles. The number of nitro benzene ring substituents is 1. The molecule has 31 heavy (non-hydrogen) atoms. The molecule has 0 bridgehead atoms. The third-order valence-electron chi connectivity index (χ3n) is 4.05. The average Bonchev–Trinajstić information content (AvgIpc) is 2.95. The van der Waals surface area contributed by atoms with Crippen molar-refractivity contribution in [1.29, 1.82) is 0 Å². The van der Waals surface area contributed by atoms with Crippen LogP contribution in [0.4, 0.5) is 24.5 Å². The van der Waals surface area contributed by atoms with Crippen LogP contribution in [0.25, 0.3) is 6.08 Å². The number of alkyl halides is 3. The van der Waals surface area contributed by atoms with Gasteiger partial charge in [0.2, 0.25) is 5.91 Å². The van der Waals surface area contributed by atoms with Crippen LogP contribution in [0.15, 0.2) is 53.4 Å². The van der Waals surface area contributed by atoms with Gasteiger partial charge in [-0.05, 0) is 42.0 Å². The van der Waals surface area contributed by atoms with Gasteiger partial charge in [0.1, 0.15) is 10.9 Å². The maximum atomic E-state index is 12.8. The number of anilines is 1. The minimum atomic E-state index is -4.55. The average molecular weight is 467 g/mol. The minimum Gasteiger partial charge on any atom is -0.325 e. The van der Waals surface area contributed by atoms with Crippen molar-refractivity contribution in [2.45, 2.75) is 6.18 Å². The Bertz CT molecular complexity index is 1100. The van der Waals surface area contributed by atoms with Crippen molar-refractivity contribution in [3.63, 3.8) is 0 Å². The fourth-order valence-corrected chi connectivity index (χ4v) is 3.85. The second-order valence-electron chi connectivity index (χ2n) is 6.24. The number of halogens is 3. The molecule has 0 saturated carbocycles. The lowest BCUT2D eigenvalue weighted by Crippen LogP contribution is -2.36. The predicted molar refractivity (Wildman–Crippen MR) is 113 cm³/mol. The molecule has 0 aliphatic carbocycles. The van der Waals surface area contributed by atoms with E-state index in [0.717, 1.165) is 34.9 Å². The van der Waals surface area contributed by atoms with Gasteiger partial charge >= 0.3 is 6.18 Å². The van der Waals surface area contributed by atoms with Gasteiger partial charge in [-0.2, -0.15) is 13.2 Å². The summed E-state index contributed by atoms with van der Waals surface area (Å²) in [6.07, 6.45) is -3.07. The molecule has 2 amide bonds. The fourth-order valence-electron chi connectivity index (χ4n) is 2.60. The van der Waals surface area contributed by atoms with E-state index >= 15 is 0 Å². The van der Waals surface area contributed by atoms with E-state index in [4.69, 9.17) is 12.2 Å². The molecule has 3 rings (SSSR count). The van der Waals surface area contributed by atoms with Crippen LogP contribution < -0.4 is 5.32 Å². The van der Waals surface area contributed by atoms with Gasteiger partial charge in [-0.3, -0.25) is 24.6 Å². The number of carbonyl (C=O) groups excluding carboxylic acids is 2. The van der Waals surface area contributed by atoms with Crippen molar-refractivity contribution in [1.82, 2.24) is 4.90 Å². The van der Waals surface area contributed by atoms with Gasteiger partial charge < -0.3 is 5.32 Å². The molecule has 7 nitrogen and oxygen atoms in total. The van der Waals surface area contributed by atoms with E-state index in [1.807, 2.05) is 0 Å². The number of nitrogens with one attached hydrogen (secondary N) is 1. The zero-order chi connectivity index (χ0) is 22.8. The van der Waals surface area contributed by atoms with Gasteiger partial charge in [-0.15, -0.1) is 0 Å². The normalized spacial score (nSPS) is 15.5. The highest BCUT2D eigenvalue weighted by atomic mass is 32.2. The Labute approximate surface area is 183 Å². The summed E-state index contributed by atoms with van der Waals surface area (Å²) in [6, 6.07) is 9.62. The molecular formula is C19H12F3N3O4S2. The van der Waals surface area contributed by atoms with E-state index in [9.17, 15) is 32.9 Å². The smallest absolute Gasteiger partial charge is 0.325 e. The van der Waals surface area contributed by atoms with Crippen molar-refractivity contribution in [2.24, 2.45) is 0 Å². The number of nitrogens with zero attached hydrogens (tertiary/aromatic N) is 2. The molecule has 1 fully saturated rings. The van der Waals surface area contributed by atoms with Gasteiger partial charge in [0.05, 0.1) is 15.4 Å². The highest BCUT2D eigenvalue weighted by molar-refractivity contribution is 8.26. The van der Waals surface area contributed by atoms with Crippen molar-refractivity contribution in [3.05, 3.63) is 74.7 Å². The van der Waals surface area contributed by atoms with Crippen LogP contribution in [0.5, 0.6) is 0 Å². The molecule has 160 valence electrons. The maximum absolute atomic E-state index is 12.8. The third kappa shape index (κ3) is 5.47. The number of benzene rings is 2. The summed E-state index contributed by atoms with van der Waals surface area (Å²) in [5.41, 5.74) is -0.552. The Morgan fingerprint density at radius 2 is 1.90 bits per heavy atom. The summed E-state index contributed by atoms with van der Waals surface area (Å²) >= 11 is 6.08. The van der Waals surface area contributed by atoms with E-state index in [1.54, 1.807) is 0 Å². The Morgan fingerprint density at radius 1 is 1.23 bits per heavy atom. The molecule has 1 saturated heterocycles. The van der Waals surface area contributed by atoms with Gasteiger partial charge in [0.25, 0.3) is 11.6 Å². The number of carbonyl (C=O) groups is 2. The molecule has 0 atom stereocenters. The SMILES string of the molecule is O=C(CN1C(=O)/C(=C/c2ccc([N+](=O)[O-])cc2)SC1=S)Nc1cccc(C(F)(F)F)c1. The summed E-state index contributed by atoms with van der Waals surface area (Å²) < 4.78 is 38.5. The molecular weight excluding hydrogens is 455 g/mol. The molecule has 1 heterocycles. The first-order valence-electron chi connectivity index (χ1n) is 8.51. The van der Waals surface area contributed by atoms with Crippen LogP contribution in [-0.4, -0.2) is 32.5 Å². The monoisotopic (exact) mass is 467 g/mol. The molecule has 0 spiro atoms. The number of thiocarbonyl (C=S) groups is 1. The lowest BCUT2D eigenvalue weighted by Gasteiger charge is -2.15. The quantitative estimate of drug-likeness (QED) is 0.302. The summed E-state index contributed by atoms with van der Waals surface area (Å²) in [4.78, 5) is 36.2. The van der Waals surface area contributed by atoms with Crippen LogP contribution in [0, 0.1) is 10.1 Å². The van der Waals surface area contributed by atoms with Crippen LogP contribution in [0.3, 0.4) is 0 Å². The Kier molecular flexibility index (Phi) is 6.41. The number of thioether (sulfide) groups is 1. The summed E-state index contributed by atoms with van der Waals surface area (Å²) in [5.74, 6) is -1.26. The number of nitro groups is 1. The number of hydrogen-bond donors (Lipinski definition) is 1. The van der Waals surface area contributed by atoms with E-state index in [0.29, 0.717) is 5.56 Å². The molecule has 2 aromatic rings. The first-order valence-corrected chi connectivity index (χ1v) is 9.74. The zero-order valence-electron chi connectivity index (χ0n) is 15.4. The Morgan fingerprint density at radius 3 is 2.52 bits per heavy atom. The van der Waals surface area contributed by atoms with Crippen LogP contribution in [0.2, 0.25) is 0 Å². The lowest BCUT2D eigenvalue weighted by atomic mass is 10.2. The molecule has 0 radical (unpaired) electrons. The third-order valence-corrected chi connectivity index (χ3v) is 5.43. The van der Waals surface area contributed by atoms with E-state index in [1.165, 1.54) is 36.4 Å². The molecule has 12 heteroatoms. The van der Waals surface area contributed by atoms with Gasteiger partial charge in [0.15, 0.2) is 0 Å². The van der Waals surface area contributed by atoms with Crippen LogP contribution in [-0.2, 0) is 15.8 Å². The molecule has 1 N–H and O–H groups in total. The molecule has 2 aromatic carbocycles. The molecule has 1 aliphatic heterocycles. The first kappa shape index (κ1) is 22.4. The highest BCUT2D eigenvalue weighted by Crippen LogP contribution is 2.33. The van der Waals surface area contributed by atoms with E-state index < -0.39 is 35.0 Å². The van der Waals surface area contributed by atoms with Crippen LogP contribution >= 0.6 is 24.0 Å². The number of non-ortho nitro benzene ring substituents is 1. The van der Waals surface area contributed by atoms with Crippen molar-refractivity contribution < 1.29 is 27.7 Å². The predicted octanol–water partition coefficient (Wildman–Crippen LogP) is 4.45. The summed E-state index contributed by atoms with van der Waals surface area (Å²) in [7, 11) is 0. The number of rotatable bonds is 5. The van der Waals surface area contributed by atoms with Gasteiger partial charge in [-0.1, -0.05) is 30.0 Å². The van der Waals surface area contributed by atoms with Crippen molar-refractivity contribution in [3.8, 4) is 0 Å². The molecule has 1 aliphatic rings. The number of amides is 2. The van der Waals surface area contributed by atoms with Gasteiger partial charge in [0, 0.05) is 17.8 Å². The highest BCUT2D eigenvalue weighted by Gasteiger charge is 2.34. The maximum Gasteiger partial charge on any atom is 0.416 e. The van der Waals surface area contributed by atoms with E-state index in [-0.39, 0.29) is 20.6 Å². The fraction of sp³-hybridized carbons (Fsp3) is 0.105. The van der Waals surface area contributed by atoms with Crippen molar-refractivity contribution >= 4 is 57.6 Å². The second-order valence-corrected chi connectivity index (χ2v) is 7.92. The Balaban J connectivity index is 1.68. The number of hydrogen-bond acceptors (Lipinski definition) is 6. The largest absolute Gasteiger partial charge is 0.416 e. The lowest BCUT2D eigenvalue weighted by molar-refractivity contribution is -0.384. The standard InChI is InChI=1S/C19H12F3N3O4S2/c20-19(21,22)12-2-1-3-13(9-12)23-16(26)10-24-17(27)15(31-18(24)30)8-11-4-6-14(7-5-11)25(28)29/h1-9H,10H2,(H,23,26)/b15-8-.